The van der Waals surface area contributed by atoms with Crippen LogP contribution in [0.1, 0.15) is 12.8 Å². The van der Waals surface area contributed by atoms with Crippen molar-refractivity contribution in [1.29, 1.82) is 0 Å². The highest BCUT2D eigenvalue weighted by atomic mass is 35.5. The number of rotatable bonds is 4. The maximum atomic E-state index is 14.1. The molecule has 2 N–H and O–H groups in total. The zero-order valence-corrected chi connectivity index (χ0v) is 18.0. The number of ether oxygens (including phenoxy) is 1. The Hall–Kier alpha value is -1.13. The van der Waals surface area contributed by atoms with Gasteiger partial charge < -0.3 is 20.3 Å². The topological polar surface area (TPSA) is 87.7 Å². The Morgan fingerprint density at radius 3 is 2.36 bits per heavy atom. The standard InChI is InChI=1S/C17H24FN3O4S.2ClH/c1-26(23,24)17(2-4-19-5-3-17)16(22)20-14-10-13(18)11-15(12-14)21-6-8-25-9-7-21;;/h10-12,19H,2-9H2,1H3,(H,20,22);2*1H. The average Bonchev–Trinajstić information content (AvgIpc) is 2.61. The zero-order valence-electron chi connectivity index (χ0n) is 15.6. The average molecular weight is 458 g/mol. The van der Waals surface area contributed by atoms with E-state index in [0.717, 1.165) is 6.26 Å². The van der Waals surface area contributed by atoms with Crippen LogP contribution >= 0.6 is 24.8 Å². The Kier molecular flexibility index (Phi) is 8.95. The number of piperidine rings is 1. The molecule has 2 fully saturated rings. The number of amides is 1. The molecule has 2 saturated heterocycles. The van der Waals surface area contributed by atoms with Crippen molar-refractivity contribution in [3.05, 3.63) is 24.0 Å². The highest BCUT2D eigenvalue weighted by Crippen LogP contribution is 2.30. The van der Waals surface area contributed by atoms with Gasteiger partial charge in [-0.15, -0.1) is 24.8 Å². The highest BCUT2D eigenvalue weighted by Gasteiger charge is 2.48. The van der Waals surface area contributed by atoms with E-state index in [0.29, 0.717) is 45.1 Å². The molecule has 28 heavy (non-hydrogen) atoms. The molecule has 11 heteroatoms. The summed E-state index contributed by atoms with van der Waals surface area (Å²) in [5, 5.41) is 5.70. The number of halogens is 3. The molecule has 0 bridgehead atoms. The summed E-state index contributed by atoms with van der Waals surface area (Å²) in [5.74, 6) is -1.08. The van der Waals surface area contributed by atoms with E-state index in [1.165, 1.54) is 12.1 Å². The van der Waals surface area contributed by atoms with Gasteiger partial charge in [0.25, 0.3) is 0 Å². The number of morpholine rings is 1. The molecule has 0 unspecified atom stereocenters. The Balaban J connectivity index is 0.00000196. The van der Waals surface area contributed by atoms with Crippen LogP contribution in [0.2, 0.25) is 0 Å². The van der Waals surface area contributed by atoms with Crippen LogP contribution in [0.5, 0.6) is 0 Å². The normalized spacial score (nSPS) is 19.1. The second kappa shape index (κ2) is 10.1. The van der Waals surface area contributed by atoms with Crippen LogP contribution in [0.25, 0.3) is 0 Å². The minimum Gasteiger partial charge on any atom is -0.378 e. The van der Waals surface area contributed by atoms with E-state index in [-0.39, 0.29) is 43.3 Å². The molecule has 1 aromatic rings. The molecule has 2 aliphatic rings. The van der Waals surface area contributed by atoms with Crippen LogP contribution in [-0.2, 0) is 19.4 Å². The number of sulfone groups is 1. The minimum absolute atomic E-state index is 0. The molecule has 0 spiro atoms. The van der Waals surface area contributed by atoms with Crippen molar-refractivity contribution in [3.63, 3.8) is 0 Å². The number of anilines is 2. The fraction of sp³-hybridized carbons (Fsp3) is 0.588. The van der Waals surface area contributed by atoms with Gasteiger partial charge in [-0.05, 0) is 44.1 Å². The van der Waals surface area contributed by atoms with Gasteiger partial charge in [0.05, 0.1) is 13.2 Å². The number of carbonyl (C=O) groups is 1. The fourth-order valence-corrected chi connectivity index (χ4v) is 4.83. The molecule has 160 valence electrons. The lowest BCUT2D eigenvalue weighted by Gasteiger charge is -2.34. The third-order valence-electron chi connectivity index (χ3n) is 5.05. The highest BCUT2D eigenvalue weighted by molar-refractivity contribution is 7.92. The van der Waals surface area contributed by atoms with Gasteiger partial charge in [0.2, 0.25) is 5.91 Å². The Labute approximate surface area is 177 Å². The molecule has 0 radical (unpaired) electrons. The summed E-state index contributed by atoms with van der Waals surface area (Å²) in [4.78, 5) is 14.8. The van der Waals surface area contributed by atoms with E-state index in [1.54, 1.807) is 6.07 Å². The van der Waals surface area contributed by atoms with Crippen LogP contribution in [0, 0.1) is 5.82 Å². The lowest BCUT2D eigenvalue weighted by Crippen LogP contribution is -2.55. The van der Waals surface area contributed by atoms with E-state index >= 15 is 0 Å². The third-order valence-corrected chi connectivity index (χ3v) is 7.06. The van der Waals surface area contributed by atoms with Gasteiger partial charge in [-0.25, -0.2) is 12.8 Å². The molecular formula is C17H26Cl2FN3O4S. The molecule has 7 nitrogen and oxygen atoms in total. The summed E-state index contributed by atoms with van der Waals surface area (Å²) < 4.78 is 42.6. The monoisotopic (exact) mass is 457 g/mol. The largest absolute Gasteiger partial charge is 0.378 e. The van der Waals surface area contributed by atoms with Gasteiger partial charge in [-0.3, -0.25) is 4.79 Å². The van der Waals surface area contributed by atoms with E-state index in [2.05, 4.69) is 10.6 Å². The number of hydrogen-bond donors (Lipinski definition) is 2. The summed E-state index contributed by atoms with van der Waals surface area (Å²) in [6.07, 6.45) is 1.48. The predicted molar refractivity (Wildman–Crippen MR) is 112 cm³/mol. The quantitative estimate of drug-likeness (QED) is 0.713. The molecular weight excluding hydrogens is 432 g/mol. The summed E-state index contributed by atoms with van der Waals surface area (Å²) in [6.45, 7) is 3.28. The first-order chi connectivity index (χ1) is 12.3. The maximum absolute atomic E-state index is 14.1. The van der Waals surface area contributed by atoms with Crippen molar-refractivity contribution in [1.82, 2.24) is 5.32 Å². The van der Waals surface area contributed by atoms with Crippen molar-refractivity contribution < 1.29 is 22.3 Å². The summed E-state index contributed by atoms with van der Waals surface area (Å²) in [7, 11) is -3.62. The van der Waals surface area contributed by atoms with Gasteiger partial charge in [0.15, 0.2) is 14.6 Å². The number of carbonyl (C=O) groups excluding carboxylic acids is 1. The Morgan fingerprint density at radius 1 is 1.18 bits per heavy atom. The van der Waals surface area contributed by atoms with Gasteiger partial charge >= 0.3 is 0 Å². The van der Waals surface area contributed by atoms with Crippen molar-refractivity contribution in [2.75, 3.05) is 55.9 Å². The van der Waals surface area contributed by atoms with Gasteiger partial charge in [-0.2, -0.15) is 0 Å². The molecule has 2 heterocycles. The lowest BCUT2D eigenvalue weighted by molar-refractivity contribution is -0.119. The Bertz CT molecular complexity index is 783. The van der Waals surface area contributed by atoms with Crippen molar-refractivity contribution in [3.8, 4) is 0 Å². The van der Waals surface area contributed by atoms with E-state index in [1.807, 2.05) is 4.90 Å². The first-order valence-corrected chi connectivity index (χ1v) is 10.6. The van der Waals surface area contributed by atoms with Crippen LogP contribution in [0.3, 0.4) is 0 Å². The second-order valence-corrected chi connectivity index (χ2v) is 9.09. The first-order valence-electron chi connectivity index (χ1n) is 8.67. The third kappa shape index (κ3) is 5.27. The number of hydrogen-bond acceptors (Lipinski definition) is 6. The van der Waals surface area contributed by atoms with Gasteiger partial charge in [0, 0.05) is 30.7 Å². The Morgan fingerprint density at radius 2 is 1.79 bits per heavy atom. The van der Waals surface area contributed by atoms with Crippen LogP contribution in [0.4, 0.5) is 15.8 Å². The van der Waals surface area contributed by atoms with Crippen LogP contribution in [-0.4, -0.2) is 64.7 Å². The van der Waals surface area contributed by atoms with E-state index in [9.17, 15) is 17.6 Å². The molecule has 0 aromatic heterocycles. The van der Waals surface area contributed by atoms with Gasteiger partial charge in [-0.1, -0.05) is 0 Å². The van der Waals surface area contributed by atoms with E-state index in [4.69, 9.17) is 4.74 Å². The second-order valence-electron chi connectivity index (χ2n) is 6.77. The summed E-state index contributed by atoms with van der Waals surface area (Å²) in [5.41, 5.74) is 0.903. The number of benzene rings is 1. The number of nitrogens with zero attached hydrogens (tertiary/aromatic N) is 1. The van der Waals surface area contributed by atoms with Crippen LogP contribution < -0.4 is 15.5 Å². The van der Waals surface area contributed by atoms with Crippen molar-refractivity contribution in [2.45, 2.75) is 17.6 Å². The molecule has 2 aliphatic heterocycles. The molecule has 0 atom stereocenters. The molecule has 0 aliphatic carbocycles. The minimum atomic E-state index is -3.62. The fourth-order valence-electron chi connectivity index (χ4n) is 3.49. The SMILES string of the molecule is CS(=O)(=O)C1(C(=O)Nc2cc(F)cc(N3CCOCC3)c2)CCNCC1.Cl.Cl. The maximum Gasteiger partial charge on any atom is 0.245 e. The summed E-state index contributed by atoms with van der Waals surface area (Å²) >= 11 is 0. The lowest BCUT2D eigenvalue weighted by atomic mass is 9.95. The van der Waals surface area contributed by atoms with E-state index < -0.39 is 26.3 Å². The van der Waals surface area contributed by atoms with Crippen LogP contribution in [0.15, 0.2) is 18.2 Å². The molecule has 1 amide bonds. The smallest absolute Gasteiger partial charge is 0.245 e. The molecule has 3 rings (SSSR count). The molecule has 0 saturated carbocycles. The van der Waals surface area contributed by atoms with Crippen molar-refractivity contribution in [2.24, 2.45) is 0 Å². The predicted octanol–water partition coefficient (Wildman–Crippen LogP) is 1.61. The first kappa shape index (κ1) is 24.9. The number of nitrogens with one attached hydrogen (secondary N) is 2. The molecule has 1 aromatic carbocycles. The van der Waals surface area contributed by atoms with Gasteiger partial charge in [0.1, 0.15) is 5.82 Å². The summed E-state index contributed by atoms with van der Waals surface area (Å²) in [6, 6.07) is 4.28. The zero-order chi connectivity index (χ0) is 18.8. The van der Waals surface area contributed by atoms with Crippen molar-refractivity contribution >= 4 is 51.9 Å².